The minimum absolute atomic E-state index is 0. The molecule has 7 rings (SSSR count). The molecule has 0 amide bonds. The van der Waals surface area contributed by atoms with Crippen molar-refractivity contribution in [1.82, 2.24) is 19.1 Å². The van der Waals surface area contributed by atoms with Crippen molar-refractivity contribution in [3.8, 4) is 0 Å². The molecule has 0 aliphatic carbocycles. The van der Waals surface area contributed by atoms with Crippen LogP contribution in [0.4, 0.5) is 0 Å². The number of aliphatic hydroxyl groups excluding tert-OH is 2. The number of aryl methyl sites for hydroxylation is 2. The summed E-state index contributed by atoms with van der Waals surface area (Å²) in [5.74, 6) is 1.27. The van der Waals surface area contributed by atoms with Crippen LogP contribution in [-0.4, -0.2) is 103 Å². The van der Waals surface area contributed by atoms with Crippen LogP contribution in [0.25, 0.3) is 0 Å². The zero-order chi connectivity index (χ0) is 33.5. The van der Waals surface area contributed by atoms with E-state index in [1.54, 1.807) is 13.8 Å². The fourth-order valence-electron chi connectivity index (χ4n) is 7.03. The minimum Gasteiger partial charge on any atom is -0.394 e. The van der Waals surface area contributed by atoms with Gasteiger partial charge in [-0.05, 0) is 50.4 Å². The predicted octanol–water partition coefficient (Wildman–Crippen LogP) is 1.08. The van der Waals surface area contributed by atoms with E-state index in [1.807, 2.05) is 0 Å². The van der Waals surface area contributed by atoms with Gasteiger partial charge in [-0.25, -0.2) is 14.2 Å². The standard InChI is InChI=1S/C29H42N5O11PS.BrH/c1-17-13-32(28(39)30-26(17)37)24-11-20(36)23(44-24)16-42-46(41,47-10-9-34-6-3-19(4-7-34)5-8-34)45-21-12-25(43-22(21)15-35)33-14-18(2)27(38)31-29(33)40;/h13-14,19-25,35-36H,3-12,15-16H2,1-2H3,(H-,30,31,37,38,39,40);1H/p+1/t19?,20-,21-,22+,23+,24+,25+,34?,46?;/m0./s1. The second kappa shape index (κ2) is 15.2. The van der Waals surface area contributed by atoms with Gasteiger partial charge in [-0.2, -0.15) is 0 Å². The highest BCUT2D eigenvalue weighted by molar-refractivity contribution is 8.93. The van der Waals surface area contributed by atoms with E-state index < -0.39 is 72.8 Å². The van der Waals surface area contributed by atoms with Gasteiger partial charge in [0.05, 0.1) is 51.2 Å². The first-order valence-electron chi connectivity index (χ1n) is 16.0. The number of halogens is 1. The molecule has 16 nitrogen and oxygen atoms in total. The molecule has 19 heteroatoms. The van der Waals surface area contributed by atoms with Crippen LogP contribution in [0.5, 0.6) is 0 Å². The van der Waals surface area contributed by atoms with Gasteiger partial charge in [0.15, 0.2) is 0 Å². The Hall–Kier alpha value is -1.86. The van der Waals surface area contributed by atoms with E-state index >= 15 is 0 Å². The van der Waals surface area contributed by atoms with Gasteiger partial charge >= 0.3 is 18.2 Å². The maximum atomic E-state index is 14.5. The Morgan fingerprint density at radius 1 is 0.938 bits per heavy atom. The molecule has 2 aromatic heterocycles. The number of ether oxygens (including phenoxy) is 2. The number of hydrogen-bond donors (Lipinski definition) is 4. The summed E-state index contributed by atoms with van der Waals surface area (Å²) in [5, 5.41) is 20.9. The number of nitrogens with zero attached hydrogens (tertiary/aromatic N) is 3. The van der Waals surface area contributed by atoms with Crippen LogP contribution in [0.3, 0.4) is 0 Å². The van der Waals surface area contributed by atoms with Crippen molar-refractivity contribution in [2.75, 3.05) is 45.1 Å². The Labute approximate surface area is 290 Å². The van der Waals surface area contributed by atoms with E-state index in [4.69, 9.17) is 18.5 Å². The molecule has 2 bridgehead atoms. The van der Waals surface area contributed by atoms with Gasteiger partial charge in [0.2, 0.25) is 0 Å². The van der Waals surface area contributed by atoms with Crippen molar-refractivity contribution in [2.24, 2.45) is 5.92 Å². The number of rotatable bonds is 12. The van der Waals surface area contributed by atoms with Gasteiger partial charge in [0.25, 0.3) is 11.1 Å². The van der Waals surface area contributed by atoms with Crippen LogP contribution in [0, 0.1) is 19.8 Å². The third kappa shape index (κ3) is 8.03. The average Bonchev–Trinajstić information content (AvgIpc) is 3.62. The number of aliphatic hydroxyl groups is 2. The number of aromatic nitrogens is 4. The van der Waals surface area contributed by atoms with Crippen LogP contribution in [-0.2, 0) is 23.1 Å². The smallest absolute Gasteiger partial charge is 0.389 e. The lowest BCUT2D eigenvalue weighted by atomic mass is 9.86. The molecule has 1 unspecified atom stereocenters. The van der Waals surface area contributed by atoms with E-state index in [-0.39, 0.29) is 36.4 Å². The molecule has 268 valence electrons. The Balaban J connectivity index is 0.00000451. The largest absolute Gasteiger partial charge is 0.394 e. The SMILES string of the molecule is Br.Cc1cn([C@H]2C[C@H](OP(=O)(OC[C@H]3O[C@@H](n4cc(C)c(=O)[nH]c4=O)C[C@@H]3O)SCC[N+]34CCC(CC3)CC4)[C@@H](CO)O2)c(=O)[nH]c1=O. The summed E-state index contributed by atoms with van der Waals surface area (Å²) in [6.45, 7) is 2.35. The minimum atomic E-state index is -3.99. The average molecular weight is 782 g/mol. The number of aromatic amines is 2. The molecule has 5 aliphatic rings. The number of nitrogens with one attached hydrogen (secondary N) is 2. The normalized spacial score (nSPS) is 32.6. The summed E-state index contributed by atoms with van der Waals surface area (Å²) in [6, 6.07) is 0. The molecule has 4 N–H and O–H groups in total. The van der Waals surface area contributed by atoms with Crippen LogP contribution in [0.1, 0.15) is 55.7 Å². The molecule has 0 aromatic carbocycles. The van der Waals surface area contributed by atoms with Gasteiger partial charge in [0.1, 0.15) is 30.8 Å². The van der Waals surface area contributed by atoms with Crippen molar-refractivity contribution in [3.05, 3.63) is 65.2 Å². The fourth-order valence-corrected chi connectivity index (χ4v) is 10.6. The second-order valence-corrected chi connectivity index (χ2v) is 17.3. The number of fused-ring (bicyclic) bond motifs is 3. The third-order valence-electron chi connectivity index (χ3n) is 9.99. The lowest BCUT2D eigenvalue weighted by Gasteiger charge is -2.49. The zero-order valence-corrected chi connectivity index (χ0v) is 30.3. The Morgan fingerprint density at radius 3 is 2.04 bits per heavy atom. The summed E-state index contributed by atoms with van der Waals surface area (Å²) < 4.78 is 41.8. The molecule has 2 aromatic rings. The van der Waals surface area contributed by atoms with Gasteiger partial charge in [-0.3, -0.25) is 37.7 Å². The maximum absolute atomic E-state index is 14.5. The van der Waals surface area contributed by atoms with Crippen LogP contribution < -0.4 is 22.5 Å². The van der Waals surface area contributed by atoms with Crippen molar-refractivity contribution in [1.29, 1.82) is 0 Å². The molecule has 7 heterocycles. The molecule has 48 heavy (non-hydrogen) atoms. The van der Waals surface area contributed by atoms with Crippen LogP contribution in [0.2, 0.25) is 0 Å². The van der Waals surface area contributed by atoms with Gasteiger partial charge in [-0.1, -0.05) is 0 Å². The van der Waals surface area contributed by atoms with Crippen LogP contribution >= 0.6 is 35.2 Å². The van der Waals surface area contributed by atoms with E-state index in [0.29, 0.717) is 16.9 Å². The molecular formula is C29H44BrN5O11PS+. The zero-order valence-electron chi connectivity index (χ0n) is 26.9. The molecule has 7 atom stereocenters. The van der Waals surface area contributed by atoms with Gasteiger partial charge in [-0.15, -0.1) is 17.0 Å². The second-order valence-electron chi connectivity index (χ2n) is 13.1. The molecule has 0 radical (unpaired) electrons. The molecular weight excluding hydrogens is 737 g/mol. The molecule has 0 saturated carbocycles. The first kappa shape index (κ1) is 37.4. The number of piperidine rings is 3. The van der Waals surface area contributed by atoms with Gasteiger partial charge in [0, 0.05) is 36.4 Å². The Kier molecular flexibility index (Phi) is 11.8. The maximum Gasteiger partial charge on any atom is 0.389 e. The van der Waals surface area contributed by atoms with Crippen molar-refractivity contribution >= 4 is 35.2 Å². The number of quaternary nitrogens is 1. The van der Waals surface area contributed by atoms with Crippen LogP contribution in [0.15, 0.2) is 31.6 Å². The van der Waals surface area contributed by atoms with E-state index in [0.717, 1.165) is 48.0 Å². The molecule has 5 fully saturated rings. The summed E-state index contributed by atoms with van der Waals surface area (Å²) in [6.07, 6.45) is 0.723. The van der Waals surface area contributed by atoms with E-state index in [2.05, 4.69) is 9.97 Å². The number of hydrogen-bond acceptors (Lipinski definition) is 12. The first-order valence-corrected chi connectivity index (χ1v) is 19.2. The third-order valence-corrected chi connectivity index (χ3v) is 13.7. The van der Waals surface area contributed by atoms with E-state index in [1.165, 1.54) is 40.8 Å². The van der Waals surface area contributed by atoms with Gasteiger partial charge < -0.3 is 24.2 Å². The highest BCUT2D eigenvalue weighted by atomic mass is 79.9. The lowest BCUT2D eigenvalue weighted by molar-refractivity contribution is -0.940. The summed E-state index contributed by atoms with van der Waals surface area (Å²) in [7, 11) is 0. The Morgan fingerprint density at radius 2 is 1.48 bits per heavy atom. The van der Waals surface area contributed by atoms with E-state index in [9.17, 15) is 34.0 Å². The fraction of sp³-hybridized carbons (Fsp3) is 0.724. The topological polar surface area (TPSA) is 204 Å². The van der Waals surface area contributed by atoms with Crippen molar-refractivity contribution in [2.45, 2.75) is 82.8 Å². The van der Waals surface area contributed by atoms with Crippen molar-refractivity contribution in [3.63, 3.8) is 0 Å². The molecule has 5 saturated heterocycles. The first-order chi connectivity index (χ1) is 22.4. The molecule has 5 aliphatic heterocycles. The summed E-state index contributed by atoms with van der Waals surface area (Å²) >= 11 is 1.05. The quantitative estimate of drug-likeness (QED) is 0.177. The highest BCUT2D eigenvalue weighted by Gasteiger charge is 2.45. The molecule has 0 spiro atoms. The number of H-pyrrole nitrogens is 2. The monoisotopic (exact) mass is 780 g/mol. The lowest BCUT2D eigenvalue weighted by Crippen LogP contribution is -2.59. The van der Waals surface area contributed by atoms with Crippen molar-refractivity contribution < 1.29 is 37.8 Å². The predicted molar refractivity (Wildman–Crippen MR) is 181 cm³/mol. The highest BCUT2D eigenvalue weighted by Crippen LogP contribution is 2.63. The Bertz CT molecular complexity index is 1730. The summed E-state index contributed by atoms with van der Waals surface area (Å²) in [4.78, 5) is 53.2. The summed E-state index contributed by atoms with van der Waals surface area (Å²) in [5.41, 5.74) is -1.80.